The highest BCUT2D eigenvalue weighted by atomic mass is 31.2. The zero-order valence-electron chi connectivity index (χ0n) is 63.8. The fourth-order valence-corrected chi connectivity index (χ4v) is 15.9. The zero-order valence-corrected chi connectivity index (χ0v) is 70.1. The van der Waals surface area contributed by atoms with Gasteiger partial charge in [0, 0.05) is 44.2 Å². The van der Waals surface area contributed by atoms with Gasteiger partial charge in [-0.2, -0.15) is 0 Å². The molecule has 0 aromatic heterocycles. The maximum absolute atomic E-state index is 12.7. The van der Waals surface area contributed by atoms with Crippen LogP contribution in [0.5, 0.6) is 0 Å². The summed E-state index contributed by atoms with van der Waals surface area (Å²) in [6.07, 6.45) is -14.0. The van der Waals surface area contributed by atoms with E-state index < -0.39 is 256 Å². The first-order valence-electron chi connectivity index (χ1n) is 36.4. The summed E-state index contributed by atoms with van der Waals surface area (Å²) >= 11 is 0. The van der Waals surface area contributed by atoms with Crippen LogP contribution in [0.15, 0.2) is 0 Å². The third-order valence-electron chi connectivity index (χ3n) is 16.6. The van der Waals surface area contributed by atoms with Crippen LogP contribution in [0.4, 0.5) is 0 Å². The van der Waals surface area contributed by atoms with Gasteiger partial charge in [-0.1, -0.05) is 20.8 Å². The van der Waals surface area contributed by atoms with Crippen LogP contribution < -0.4 is 0 Å². The molecule has 0 saturated carbocycles. The lowest BCUT2D eigenvalue weighted by Crippen LogP contribution is -2.55. The number of hydrogen-bond acceptors (Lipinski definition) is 40. The standard InChI is InChI=1S/C59H121O47P7/c1-43(2)106-113(81,82)99-20-9-16-89-42-59(39-86-13-6-17-90-107(69,70)93-21-10-24-96-110(75,76)100-30-27-83-36-50-44(3)53(63)56(66)47(33-60)103-50,40-87-14-7-18-91-108(71,72)94-22-11-25-97-111(77,78)101-31-28-84-37-51-45(4)54(64)57(67)48(34-61)104-51)41-88-15-8-19-92-109(73,74)95-23-12-26-98-112(79,80)102-32-29-85-38-52-46(5)55(65)58(68)49(35-62)105-52/h43-58,60-68H,6-42H2,1-5H3,(H,69,70)(H,71,72)(H,73,74)(H,75,76)(H,77,78)(H,79,80)(H,81,82). The number of rotatable bonds is 69. The number of phosphoric ester groups is 7. The van der Waals surface area contributed by atoms with Crippen molar-refractivity contribution in [1.29, 1.82) is 0 Å². The third-order valence-corrected chi connectivity index (χ3v) is 23.9. The molecule has 54 heteroatoms. The molecular formula is C59H121O47P7. The van der Waals surface area contributed by atoms with E-state index in [4.69, 9.17) is 111 Å². The second-order valence-electron chi connectivity index (χ2n) is 26.4. The Labute approximate surface area is 655 Å². The number of aliphatic hydroxyl groups is 9. The summed E-state index contributed by atoms with van der Waals surface area (Å²) < 4.78 is 214. The van der Waals surface area contributed by atoms with E-state index in [-0.39, 0.29) is 144 Å². The maximum atomic E-state index is 12.7. The lowest BCUT2D eigenvalue weighted by Gasteiger charge is -2.40. The Kier molecular flexibility index (Phi) is 53.1. The summed E-state index contributed by atoms with van der Waals surface area (Å²) in [5.74, 6) is -1.71. The van der Waals surface area contributed by atoms with Crippen LogP contribution in [0.3, 0.4) is 0 Å². The number of aliphatic hydroxyl groups excluding tert-OH is 9. The van der Waals surface area contributed by atoms with Gasteiger partial charge in [-0.05, 0) is 58.8 Å². The maximum Gasteiger partial charge on any atom is 0.472 e. The van der Waals surface area contributed by atoms with Crippen LogP contribution in [-0.2, 0) is 143 Å². The molecule has 22 unspecified atom stereocenters. The summed E-state index contributed by atoms with van der Waals surface area (Å²) in [6.45, 7) is -1.96. The predicted molar refractivity (Wildman–Crippen MR) is 384 cm³/mol. The molecule has 674 valence electrons. The van der Waals surface area contributed by atoms with E-state index in [9.17, 15) is 112 Å². The van der Waals surface area contributed by atoms with Crippen molar-refractivity contribution in [2.24, 2.45) is 23.2 Å². The number of ether oxygens (including phenoxy) is 10. The van der Waals surface area contributed by atoms with Gasteiger partial charge in [0.1, 0.15) is 36.6 Å². The molecule has 3 fully saturated rings. The summed E-state index contributed by atoms with van der Waals surface area (Å²) in [5.41, 5.74) is -1.28. The van der Waals surface area contributed by atoms with Crippen molar-refractivity contribution in [1.82, 2.24) is 0 Å². The normalized spacial score (nSPS) is 28.8. The average molecular weight is 1800 g/mol. The van der Waals surface area contributed by atoms with E-state index in [1.807, 2.05) is 0 Å². The molecule has 16 N–H and O–H groups in total. The minimum absolute atomic E-state index is 0.0380. The molecule has 0 amide bonds. The van der Waals surface area contributed by atoms with Crippen LogP contribution in [0.2, 0.25) is 0 Å². The Bertz CT molecular complexity index is 2620. The van der Waals surface area contributed by atoms with Crippen LogP contribution in [-0.4, -0.2) is 358 Å². The molecule has 0 aromatic rings. The van der Waals surface area contributed by atoms with E-state index in [0.717, 1.165) is 0 Å². The topological polar surface area (TPSA) is 665 Å². The van der Waals surface area contributed by atoms with Gasteiger partial charge >= 0.3 is 54.8 Å². The SMILES string of the molecule is CC(C)OP(=O)(O)OCCCOCC(COCCCOP(=O)(O)OCCCOP(=O)(O)OCCOCC1OC(CO)C(O)C(O)C1C)(COCCCOP(=O)(O)OCCCOP(=O)(O)OCCOCC1OC(CO)C(O)C(O)C1C)COCCCOP(=O)(O)OCCCOP(=O)(O)OCCOCC1OC(CO)C(O)C(O)C1C. The lowest BCUT2D eigenvalue weighted by atomic mass is 9.88. The quantitative estimate of drug-likeness (QED) is 0.0291. The summed E-state index contributed by atoms with van der Waals surface area (Å²) in [7, 11) is -32.5. The molecule has 47 nitrogen and oxygen atoms in total. The molecule has 0 aliphatic carbocycles. The van der Waals surface area contributed by atoms with E-state index >= 15 is 0 Å². The molecule has 0 spiro atoms. The van der Waals surface area contributed by atoms with E-state index in [1.165, 1.54) is 13.8 Å². The summed E-state index contributed by atoms with van der Waals surface area (Å²) in [4.78, 5) is 71.3. The molecule has 22 atom stereocenters. The molecule has 3 rings (SSSR count). The van der Waals surface area contributed by atoms with Crippen LogP contribution in [0, 0.1) is 23.2 Å². The molecule has 3 aliphatic rings. The molecular weight excluding hydrogens is 1680 g/mol. The van der Waals surface area contributed by atoms with Crippen molar-refractivity contribution in [3.63, 3.8) is 0 Å². The van der Waals surface area contributed by atoms with E-state index in [2.05, 4.69) is 0 Å². The van der Waals surface area contributed by atoms with E-state index in [0.29, 0.717) is 0 Å². The lowest BCUT2D eigenvalue weighted by molar-refractivity contribution is -0.216. The van der Waals surface area contributed by atoms with Crippen molar-refractivity contribution < 1.29 is 223 Å². The van der Waals surface area contributed by atoms with Crippen molar-refractivity contribution >= 4 is 54.8 Å². The van der Waals surface area contributed by atoms with Crippen molar-refractivity contribution in [2.75, 3.05) is 198 Å². The minimum atomic E-state index is -4.73. The van der Waals surface area contributed by atoms with Crippen molar-refractivity contribution in [3.8, 4) is 0 Å². The molecule has 113 heavy (non-hydrogen) atoms. The summed E-state index contributed by atoms with van der Waals surface area (Å²) in [5, 5.41) is 89.1. The predicted octanol–water partition coefficient (Wildman–Crippen LogP) is 0.516. The van der Waals surface area contributed by atoms with Gasteiger partial charge in [-0.3, -0.25) is 63.3 Å². The average Bonchev–Trinajstić information content (AvgIpc) is 0.827. The fraction of sp³-hybridized carbons (Fsp3) is 1.00. The van der Waals surface area contributed by atoms with Gasteiger partial charge < -0.3 is 128 Å². The first-order chi connectivity index (χ1) is 53.1. The van der Waals surface area contributed by atoms with Gasteiger partial charge in [0.15, 0.2) is 0 Å². The number of phosphoric acid groups is 7. The van der Waals surface area contributed by atoms with Gasteiger partial charge in [0.2, 0.25) is 0 Å². The minimum Gasteiger partial charge on any atom is -0.394 e. The molecule has 3 saturated heterocycles. The van der Waals surface area contributed by atoms with E-state index in [1.54, 1.807) is 20.8 Å². The third kappa shape index (κ3) is 45.8. The Hall–Kier alpha value is 0.01000. The van der Waals surface area contributed by atoms with Gasteiger partial charge in [-0.15, -0.1) is 0 Å². The monoisotopic (exact) mass is 1800 g/mol. The van der Waals surface area contributed by atoms with Crippen molar-refractivity contribution in [2.45, 2.75) is 159 Å². The Morgan fingerprint density at radius 1 is 0.274 bits per heavy atom. The van der Waals surface area contributed by atoms with Crippen LogP contribution in [0.25, 0.3) is 0 Å². The summed E-state index contributed by atoms with van der Waals surface area (Å²) in [6, 6.07) is 0. The smallest absolute Gasteiger partial charge is 0.394 e. The van der Waals surface area contributed by atoms with Gasteiger partial charge in [-0.25, -0.2) is 32.0 Å². The molecule has 0 radical (unpaired) electrons. The Morgan fingerprint density at radius 2 is 0.469 bits per heavy atom. The number of hydrogen-bond donors (Lipinski definition) is 16. The first-order valence-corrected chi connectivity index (χ1v) is 46.9. The second-order valence-corrected chi connectivity index (χ2v) is 36.5. The second kappa shape index (κ2) is 56.0. The Morgan fingerprint density at radius 3 is 0.673 bits per heavy atom. The van der Waals surface area contributed by atoms with Gasteiger partial charge in [0.25, 0.3) is 0 Å². The fourth-order valence-electron chi connectivity index (χ4n) is 10.3. The van der Waals surface area contributed by atoms with Crippen LogP contribution in [0.1, 0.15) is 79.6 Å². The zero-order chi connectivity index (χ0) is 84.4. The van der Waals surface area contributed by atoms with Gasteiger partial charge in [0.05, 0.1) is 220 Å². The molecule has 3 heterocycles. The first kappa shape index (κ1) is 107. The molecule has 0 aromatic carbocycles. The molecule has 3 aliphatic heterocycles. The highest BCUT2D eigenvalue weighted by Gasteiger charge is 2.45. The van der Waals surface area contributed by atoms with Crippen LogP contribution >= 0.6 is 54.8 Å². The molecule has 0 bridgehead atoms. The Balaban J connectivity index is 1.54. The highest BCUT2D eigenvalue weighted by molar-refractivity contribution is 7.49. The largest absolute Gasteiger partial charge is 0.472 e. The highest BCUT2D eigenvalue weighted by Crippen LogP contribution is 2.49. The van der Waals surface area contributed by atoms with Crippen molar-refractivity contribution in [3.05, 3.63) is 0 Å².